The summed E-state index contributed by atoms with van der Waals surface area (Å²) in [5.41, 5.74) is 1.14. The smallest absolute Gasteiger partial charge is 0.261 e. The van der Waals surface area contributed by atoms with Crippen molar-refractivity contribution in [1.82, 2.24) is 5.32 Å². The van der Waals surface area contributed by atoms with Gasteiger partial charge in [0.05, 0.1) is 23.3 Å². The molecule has 0 heterocycles. The first kappa shape index (κ1) is 18.3. The number of carbonyl (C=O) groups excluding carboxylic acids is 1. The van der Waals surface area contributed by atoms with Gasteiger partial charge < -0.3 is 10.1 Å². The average Bonchev–Trinajstić information content (AvgIpc) is 2.56. The number of aryl methyl sites for hydroxylation is 1. The second-order valence-corrected chi connectivity index (χ2v) is 7.54. The number of hydrogen-bond donors (Lipinski definition) is 2. The van der Waals surface area contributed by atoms with E-state index in [1.807, 2.05) is 0 Å². The van der Waals surface area contributed by atoms with Crippen LogP contribution in [0.15, 0.2) is 45.8 Å². The summed E-state index contributed by atoms with van der Waals surface area (Å²) in [6, 6.07) is 9.25. The molecule has 6 nitrogen and oxygen atoms in total. The highest BCUT2D eigenvalue weighted by Gasteiger charge is 2.19. The lowest BCUT2D eigenvalue weighted by molar-refractivity contribution is 0.0963. The van der Waals surface area contributed by atoms with Crippen LogP contribution in [0.2, 0.25) is 0 Å². The Labute approximate surface area is 149 Å². The molecule has 0 saturated carbocycles. The van der Waals surface area contributed by atoms with E-state index in [1.165, 1.54) is 32.4 Å². The molecular weight excluding hydrogens is 396 g/mol. The molecule has 24 heavy (non-hydrogen) atoms. The van der Waals surface area contributed by atoms with Crippen molar-refractivity contribution in [2.75, 3.05) is 18.9 Å². The Kier molecular flexibility index (Phi) is 5.51. The van der Waals surface area contributed by atoms with Crippen molar-refractivity contribution < 1.29 is 17.9 Å². The Hall–Kier alpha value is -2.06. The number of methoxy groups -OCH3 is 1. The first-order chi connectivity index (χ1) is 11.3. The first-order valence-corrected chi connectivity index (χ1v) is 9.25. The lowest BCUT2D eigenvalue weighted by Gasteiger charge is -2.13. The van der Waals surface area contributed by atoms with E-state index < -0.39 is 15.9 Å². The van der Waals surface area contributed by atoms with Crippen molar-refractivity contribution >= 4 is 37.5 Å². The molecular formula is C16H17BrN2O4S. The highest BCUT2D eigenvalue weighted by molar-refractivity contribution is 9.10. The Morgan fingerprint density at radius 1 is 1.17 bits per heavy atom. The van der Waals surface area contributed by atoms with Crippen LogP contribution in [0.3, 0.4) is 0 Å². The van der Waals surface area contributed by atoms with E-state index in [0.29, 0.717) is 5.75 Å². The molecule has 0 fully saturated rings. The van der Waals surface area contributed by atoms with Crippen LogP contribution in [0.4, 0.5) is 5.69 Å². The molecule has 2 rings (SSSR count). The molecule has 2 N–H and O–H groups in total. The summed E-state index contributed by atoms with van der Waals surface area (Å²) < 4.78 is 33.5. The minimum absolute atomic E-state index is 0.113. The Balaban J connectivity index is 2.45. The van der Waals surface area contributed by atoms with Crippen LogP contribution < -0.4 is 14.8 Å². The minimum Gasteiger partial charge on any atom is -0.497 e. The maximum atomic E-state index is 12.6. The van der Waals surface area contributed by atoms with Gasteiger partial charge in [-0.05, 0) is 48.9 Å². The van der Waals surface area contributed by atoms with E-state index in [0.717, 1.165) is 10.0 Å². The molecule has 0 aliphatic rings. The van der Waals surface area contributed by atoms with Crippen LogP contribution in [-0.4, -0.2) is 28.5 Å². The summed E-state index contributed by atoms with van der Waals surface area (Å²) in [6.07, 6.45) is 0. The quantitative estimate of drug-likeness (QED) is 0.790. The molecule has 0 bridgehead atoms. The van der Waals surface area contributed by atoms with E-state index in [1.54, 1.807) is 25.1 Å². The summed E-state index contributed by atoms with van der Waals surface area (Å²) >= 11 is 3.34. The molecule has 128 valence electrons. The second kappa shape index (κ2) is 7.23. The Morgan fingerprint density at radius 3 is 2.46 bits per heavy atom. The van der Waals surface area contributed by atoms with Gasteiger partial charge in [-0.25, -0.2) is 8.42 Å². The predicted octanol–water partition coefficient (Wildman–Crippen LogP) is 2.93. The number of rotatable bonds is 5. The highest BCUT2D eigenvalue weighted by atomic mass is 79.9. The highest BCUT2D eigenvalue weighted by Crippen LogP contribution is 2.26. The van der Waals surface area contributed by atoms with Gasteiger partial charge in [-0.15, -0.1) is 0 Å². The van der Waals surface area contributed by atoms with Crippen molar-refractivity contribution in [2.45, 2.75) is 11.8 Å². The molecule has 2 aromatic carbocycles. The van der Waals surface area contributed by atoms with Gasteiger partial charge in [0.15, 0.2) is 0 Å². The number of nitrogens with one attached hydrogen (secondary N) is 2. The fourth-order valence-corrected chi connectivity index (χ4v) is 3.46. The number of benzene rings is 2. The summed E-state index contributed by atoms with van der Waals surface area (Å²) in [7, 11) is -0.888. The predicted molar refractivity (Wildman–Crippen MR) is 96.1 cm³/mol. The van der Waals surface area contributed by atoms with Crippen molar-refractivity contribution in [3.8, 4) is 5.75 Å². The van der Waals surface area contributed by atoms with Crippen LogP contribution in [0.5, 0.6) is 5.75 Å². The lowest BCUT2D eigenvalue weighted by Crippen LogP contribution is -2.22. The Bertz CT molecular complexity index is 882. The molecule has 0 spiro atoms. The van der Waals surface area contributed by atoms with Crippen LogP contribution in [0.1, 0.15) is 15.9 Å². The van der Waals surface area contributed by atoms with E-state index in [-0.39, 0.29) is 16.1 Å². The van der Waals surface area contributed by atoms with Gasteiger partial charge in [-0.1, -0.05) is 15.9 Å². The Morgan fingerprint density at radius 2 is 1.88 bits per heavy atom. The zero-order valence-corrected chi connectivity index (χ0v) is 15.8. The third kappa shape index (κ3) is 3.88. The van der Waals surface area contributed by atoms with E-state index in [4.69, 9.17) is 4.74 Å². The van der Waals surface area contributed by atoms with Crippen molar-refractivity contribution in [3.05, 3.63) is 52.0 Å². The van der Waals surface area contributed by atoms with Gasteiger partial charge in [0.2, 0.25) is 0 Å². The number of hydrogen-bond acceptors (Lipinski definition) is 4. The number of sulfonamides is 1. The summed E-state index contributed by atoms with van der Waals surface area (Å²) in [6.45, 7) is 1.80. The summed E-state index contributed by atoms with van der Waals surface area (Å²) in [5, 5.41) is 2.48. The standard InChI is InChI=1S/C16H17BrN2O4S/c1-10-8-12(5-6-14(10)17)24(21,22)19-15-7-4-11(23-3)9-13(15)16(20)18-2/h4-9,19H,1-3H3,(H,18,20). The van der Waals surface area contributed by atoms with Crippen LogP contribution in [0.25, 0.3) is 0 Å². The molecule has 2 aromatic rings. The van der Waals surface area contributed by atoms with Crippen LogP contribution in [-0.2, 0) is 10.0 Å². The molecule has 0 radical (unpaired) electrons. The molecule has 0 unspecified atom stereocenters. The van der Waals surface area contributed by atoms with Gasteiger partial charge in [-0.2, -0.15) is 0 Å². The van der Waals surface area contributed by atoms with E-state index in [9.17, 15) is 13.2 Å². The first-order valence-electron chi connectivity index (χ1n) is 6.97. The summed E-state index contributed by atoms with van der Waals surface area (Å²) in [5.74, 6) is 0.0367. The molecule has 0 atom stereocenters. The van der Waals surface area contributed by atoms with Gasteiger partial charge in [0.25, 0.3) is 15.9 Å². The summed E-state index contributed by atoms with van der Waals surface area (Å²) in [4.78, 5) is 12.1. The fourth-order valence-electron chi connectivity index (χ4n) is 2.05. The third-order valence-electron chi connectivity index (χ3n) is 3.38. The van der Waals surface area contributed by atoms with Gasteiger partial charge in [-0.3, -0.25) is 9.52 Å². The van der Waals surface area contributed by atoms with E-state index >= 15 is 0 Å². The van der Waals surface area contributed by atoms with Crippen LogP contribution >= 0.6 is 15.9 Å². The average molecular weight is 413 g/mol. The zero-order valence-electron chi connectivity index (χ0n) is 13.4. The monoisotopic (exact) mass is 412 g/mol. The molecule has 1 amide bonds. The molecule has 8 heteroatoms. The fraction of sp³-hybridized carbons (Fsp3) is 0.188. The molecule has 0 aliphatic heterocycles. The SMILES string of the molecule is CNC(=O)c1cc(OC)ccc1NS(=O)(=O)c1ccc(Br)c(C)c1. The number of ether oxygens (including phenoxy) is 1. The van der Waals surface area contributed by atoms with Crippen molar-refractivity contribution in [1.29, 1.82) is 0 Å². The lowest BCUT2D eigenvalue weighted by atomic mass is 10.1. The third-order valence-corrected chi connectivity index (χ3v) is 5.64. The van der Waals surface area contributed by atoms with Gasteiger partial charge >= 0.3 is 0 Å². The topological polar surface area (TPSA) is 84.5 Å². The van der Waals surface area contributed by atoms with Crippen LogP contribution in [0, 0.1) is 6.92 Å². The maximum absolute atomic E-state index is 12.6. The number of amides is 1. The normalized spacial score (nSPS) is 11.0. The molecule has 0 saturated heterocycles. The van der Waals surface area contributed by atoms with Crippen molar-refractivity contribution in [2.24, 2.45) is 0 Å². The van der Waals surface area contributed by atoms with Crippen molar-refractivity contribution in [3.63, 3.8) is 0 Å². The van der Waals surface area contributed by atoms with Gasteiger partial charge in [0.1, 0.15) is 5.75 Å². The number of carbonyl (C=O) groups is 1. The largest absolute Gasteiger partial charge is 0.497 e. The zero-order chi connectivity index (χ0) is 17.9. The second-order valence-electron chi connectivity index (χ2n) is 5.01. The molecule has 0 aromatic heterocycles. The number of halogens is 1. The molecule has 0 aliphatic carbocycles. The van der Waals surface area contributed by atoms with Gasteiger partial charge in [0, 0.05) is 11.5 Å². The minimum atomic E-state index is -3.83. The van der Waals surface area contributed by atoms with E-state index in [2.05, 4.69) is 26.0 Å². The number of anilines is 1. The maximum Gasteiger partial charge on any atom is 0.261 e.